The molecule has 4 heteroatoms. The Kier molecular flexibility index (Phi) is 2.99. The standard InChI is InChI=1S/C11H14N2O2/c12-11(14)9-3-1-2-8(6-9)10-7-13-4-5-15-10/h1-3,6,10,13H,4-5,7H2,(H2,12,14). The maximum Gasteiger partial charge on any atom is 0.248 e. The smallest absolute Gasteiger partial charge is 0.248 e. The van der Waals surface area contributed by atoms with E-state index in [0.29, 0.717) is 12.2 Å². The Hall–Kier alpha value is -1.39. The number of carbonyl (C=O) groups is 1. The molecule has 1 unspecified atom stereocenters. The number of ether oxygens (including phenoxy) is 1. The van der Waals surface area contributed by atoms with Crippen LogP contribution in [0.4, 0.5) is 0 Å². The van der Waals surface area contributed by atoms with E-state index in [-0.39, 0.29) is 6.10 Å². The first kappa shape index (κ1) is 10.1. The third-order valence-corrected chi connectivity index (χ3v) is 2.47. The number of primary amides is 1. The van der Waals surface area contributed by atoms with Crippen LogP contribution in [0, 0.1) is 0 Å². The van der Waals surface area contributed by atoms with Crippen LogP contribution in [0.15, 0.2) is 24.3 Å². The van der Waals surface area contributed by atoms with E-state index in [9.17, 15) is 4.79 Å². The zero-order chi connectivity index (χ0) is 10.7. The highest BCUT2D eigenvalue weighted by Gasteiger charge is 2.16. The fraction of sp³-hybridized carbons (Fsp3) is 0.364. The number of amides is 1. The monoisotopic (exact) mass is 206 g/mol. The molecule has 1 saturated heterocycles. The van der Waals surface area contributed by atoms with E-state index in [1.165, 1.54) is 0 Å². The summed E-state index contributed by atoms with van der Waals surface area (Å²) in [5, 5.41) is 3.24. The van der Waals surface area contributed by atoms with E-state index in [2.05, 4.69) is 5.32 Å². The minimum atomic E-state index is -0.402. The van der Waals surface area contributed by atoms with E-state index in [1.54, 1.807) is 12.1 Å². The highest BCUT2D eigenvalue weighted by atomic mass is 16.5. The van der Waals surface area contributed by atoms with Crippen LogP contribution in [0.3, 0.4) is 0 Å². The van der Waals surface area contributed by atoms with Crippen LogP contribution < -0.4 is 11.1 Å². The molecule has 0 saturated carbocycles. The lowest BCUT2D eigenvalue weighted by atomic mass is 10.0. The van der Waals surface area contributed by atoms with Gasteiger partial charge in [0.05, 0.1) is 12.7 Å². The lowest BCUT2D eigenvalue weighted by Gasteiger charge is -2.24. The predicted octanol–water partition coefficient (Wildman–Crippen LogP) is 0.446. The number of hydrogen-bond donors (Lipinski definition) is 2. The van der Waals surface area contributed by atoms with Crippen molar-refractivity contribution in [1.29, 1.82) is 0 Å². The van der Waals surface area contributed by atoms with Gasteiger partial charge in [-0.15, -0.1) is 0 Å². The molecule has 0 aromatic heterocycles. The first-order valence-electron chi connectivity index (χ1n) is 4.99. The third-order valence-electron chi connectivity index (χ3n) is 2.47. The van der Waals surface area contributed by atoms with Crippen molar-refractivity contribution in [3.05, 3.63) is 35.4 Å². The van der Waals surface area contributed by atoms with E-state index in [0.717, 1.165) is 18.7 Å². The summed E-state index contributed by atoms with van der Waals surface area (Å²) in [4.78, 5) is 11.0. The molecular weight excluding hydrogens is 192 g/mol. The number of carbonyl (C=O) groups excluding carboxylic acids is 1. The zero-order valence-electron chi connectivity index (χ0n) is 8.40. The summed E-state index contributed by atoms with van der Waals surface area (Å²) in [6.45, 7) is 2.36. The van der Waals surface area contributed by atoms with Gasteiger partial charge in [0.25, 0.3) is 0 Å². The average Bonchev–Trinajstić information content (AvgIpc) is 2.30. The number of nitrogens with one attached hydrogen (secondary N) is 1. The SMILES string of the molecule is NC(=O)c1cccc(C2CNCCO2)c1. The van der Waals surface area contributed by atoms with Crippen molar-refractivity contribution in [2.24, 2.45) is 5.73 Å². The topological polar surface area (TPSA) is 64.4 Å². The molecule has 2 rings (SSSR count). The molecule has 1 fully saturated rings. The van der Waals surface area contributed by atoms with Gasteiger partial charge in [0.15, 0.2) is 0 Å². The Labute approximate surface area is 88.4 Å². The van der Waals surface area contributed by atoms with Crippen molar-refractivity contribution in [3.63, 3.8) is 0 Å². The number of hydrogen-bond acceptors (Lipinski definition) is 3. The van der Waals surface area contributed by atoms with Crippen LogP contribution in [-0.4, -0.2) is 25.6 Å². The lowest BCUT2D eigenvalue weighted by molar-refractivity contribution is 0.0277. The van der Waals surface area contributed by atoms with E-state index < -0.39 is 5.91 Å². The lowest BCUT2D eigenvalue weighted by Crippen LogP contribution is -2.33. The summed E-state index contributed by atoms with van der Waals surface area (Å²) in [5.74, 6) is -0.402. The number of benzene rings is 1. The molecule has 1 aromatic carbocycles. The van der Waals surface area contributed by atoms with Crippen LogP contribution in [0.5, 0.6) is 0 Å². The summed E-state index contributed by atoms with van der Waals surface area (Å²) >= 11 is 0. The zero-order valence-corrected chi connectivity index (χ0v) is 8.40. The van der Waals surface area contributed by atoms with Crippen molar-refractivity contribution in [2.75, 3.05) is 19.7 Å². The number of morpholine rings is 1. The predicted molar refractivity (Wildman–Crippen MR) is 56.5 cm³/mol. The van der Waals surface area contributed by atoms with Gasteiger partial charge in [-0.1, -0.05) is 12.1 Å². The molecule has 3 N–H and O–H groups in total. The fourth-order valence-corrected chi connectivity index (χ4v) is 1.67. The van der Waals surface area contributed by atoms with Crippen LogP contribution in [0.1, 0.15) is 22.0 Å². The number of rotatable bonds is 2. The Morgan fingerprint density at radius 1 is 1.53 bits per heavy atom. The van der Waals surface area contributed by atoms with Gasteiger partial charge < -0.3 is 15.8 Å². The molecule has 15 heavy (non-hydrogen) atoms. The van der Waals surface area contributed by atoms with E-state index >= 15 is 0 Å². The van der Waals surface area contributed by atoms with Gasteiger partial charge in [0.1, 0.15) is 0 Å². The second-order valence-electron chi connectivity index (χ2n) is 3.55. The Balaban J connectivity index is 2.19. The molecule has 1 heterocycles. The summed E-state index contributed by atoms with van der Waals surface area (Å²) in [6.07, 6.45) is 0.0260. The van der Waals surface area contributed by atoms with Gasteiger partial charge in [-0.25, -0.2) is 0 Å². The normalized spacial score (nSPS) is 21.2. The summed E-state index contributed by atoms with van der Waals surface area (Å²) in [7, 11) is 0. The summed E-state index contributed by atoms with van der Waals surface area (Å²) < 4.78 is 5.58. The molecule has 1 atom stereocenters. The highest BCUT2D eigenvalue weighted by molar-refractivity contribution is 5.92. The van der Waals surface area contributed by atoms with Gasteiger partial charge in [-0.2, -0.15) is 0 Å². The largest absolute Gasteiger partial charge is 0.371 e. The minimum Gasteiger partial charge on any atom is -0.371 e. The fourth-order valence-electron chi connectivity index (χ4n) is 1.67. The molecule has 1 amide bonds. The molecule has 1 aromatic rings. The molecule has 4 nitrogen and oxygen atoms in total. The maximum absolute atomic E-state index is 11.0. The van der Waals surface area contributed by atoms with Gasteiger partial charge >= 0.3 is 0 Å². The maximum atomic E-state index is 11.0. The van der Waals surface area contributed by atoms with Crippen molar-refractivity contribution in [3.8, 4) is 0 Å². The minimum absolute atomic E-state index is 0.0260. The Morgan fingerprint density at radius 2 is 2.40 bits per heavy atom. The first-order chi connectivity index (χ1) is 7.27. The van der Waals surface area contributed by atoms with Crippen LogP contribution in [0.2, 0.25) is 0 Å². The van der Waals surface area contributed by atoms with Gasteiger partial charge in [-0.05, 0) is 17.7 Å². The Bertz CT molecular complexity index is 359. The molecular formula is C11H14N2O2. The van der Waals surface area contributed by atoms with Gasteiger partial charge in [0.2, 0.25) is 5.91 Å². The van der Waals surface area contributed by atoms with Crippen molar-refractivity contribution >= 4 is 5.91 Å². The Morgan fingerprint density at radius 3 is 3.07 bits per heavy atom. The van der Waals surface area contributed by atoms with Crippen molar-refractivity contribution in [2.45, 2.75) is 6.10 Å². The summed E-state index contributed by atoms with van der Waals surface area (Å²) in [6, 6.07) is 7.28. The average molecular weight is 206 g/mol. The first-order valence-corrected chi connectivity index (χ1v) is 4.99. The molecule has 80 valence electrons. The van der Waals surface area contributed by atoms with E-state index in [1.807, 2.05) is 12.1 Å². The molecule has 1 aliphatic rings. The van der Waals surface area contributed by atoms with Crippen LogP contribution >= 0.6 is 0 Å². The second kappa shape index (κ2) is 4.42. The molecule has 0 bridgehead atoms. The molecule has 0 radical (unpaired) electrons. The van der Waals surface area contributed by atoms with Gasteiger partial charge in [-0.3, -0.25) is 4.79 Å². The second-order valence-corrected chi connectivity index (χ2v) is 3.55. The molecule has 0 spiro atoms. The van der Waals surface area contributed by atoms with Gasteiger partial charge in [0, 0.05) is 18.7 Å². The summed E-state index contributed by atoms with van der Waals surface area (Å²) in [5.41, 5.74) is 6.74. The van der Waals surface area contributed by atoms with Crippen molar-refractivity contribution < 1.29 is 9.53 Å². The van der Waals surface area contributed by atoms with Crippen LogP contribution in [-0.2, 0) is 4.74 Å². The highest BCUT2D eigenvalue weighted by Crippen LogP contribution is 2.19. The molecule has 0 aliphatic carbocycles. The third kappa shape index (κ3) is 2.34. The quantitative estimate of drug-likeness (QED) is 0.738. The van der Waals surface area contributed by atoms with E-state index in [4.69, 9.17) is 10.5 Å². The number of nitrogens with two attached hydrogens (primary N) is 1. The molecule has 1 aliphatic heterocycles. The van der Waals surface area contributed by atoms with Crippen LogP contribution in [0.25, 0.3) is 0 Å². The van der Waals surface area contributed by atoms with Crippen molar-refractivity contribution in [1.82, 2.24) is 5.32 Å².